The normalized spacial score (nSPS) is 20.8. The Morgan fingerprint density at radius 1 is 1.37 bits per heavy atom. The van der Waals surface area contributed by atoms with Crippen LogP contribution >= 0.6 is 22.6 Å². The summed E-state index contributed by atoms with van der Waals surface area (Å²) in [5, 5.41) is 0. The number of benzene rings is 1. The predicted molar refractivity (Wildman–Crippen MR) is 84.6 cm³/mol. The lowest BCUT2D eigenvalue weighted by molar-refractivity contribution is 0.268. The summed E-state index contributed by atoms with van der Waals surface area (Å²) >= 11 is 2.16. The minimum atomic E-state index is -3.38. The molecule has 4 nitrogen and oxygen atoms in total. The first-order valence-electron chi connectivity index (χ1n) is 6.52. The number of halogens is 1. The Morgan fingerprint density at radius 3 is 2.68 bits per heavy atom. The molecule has 2 rings (SSSR count). The molecular weight excluding hydrogens is 375 g/mol. The van der Waals surface area contributed by atoms with Gasteiger partial charge in [0.2, 0.25) is 10.0 Å². The van der Waals surface area contributed by atoms with Crippen LogP contribution < -0.4 is 4.72 Å². The molecule has 0 aromatic heterocycles. The summed E-state index contributed by atoms with van der Waals surface area (Å²) in [4.78, 5) is 2.67. The van der Waals surface area contributed by atoms with Gasteiger partial charge in [0, 0.05) is 16.2 Å². The Balaban J connectivity index is 2.00. The van der Waals surface area contributed by atoms with Gasteiger partial charge in [0.15, 0.2) is 0 Å². The van der Waals surface area contributed by atoms with E-state index >= 15 is 0 Å². The topological polar surface area (TPSA) is 49.4 Å². The second-order valence-electron chi connectivity index (χ2n) is 4.73. The Hall–Kier alpha value is -0.180. The second kappa shape index (κ2) is 6.51. The average Bonchev–Trinajstić information content (AvgIpc) is 2.84. The molecule has 1 heterocycles. The van der Waals surface area contributed by atoms with Crippen LogP contribution in [0.4, 0.5) is 0 Å². The fourth-order valence-electron chi connectivity index (χ4n) is 2.45. The minimum Gasteiger partial charge on any atom is -0.299 e. The van der Waals surface area contributed by atoms with Gasteiger partial charge in [0.25, 0.3) is 0 Å². The van der Waals surface area contributed by atoms with E-state index in [0.29, 0.717) is 17.5 Å². The third kappa shape index (κ3) is 3.90. The number of hydrogen-bond donors (Lipinski definition) is 1. The number of sulfonamides is 1. The van der Waals surface area contributed by atoms with E-state index in [-0.39, 0.29) is 0 Å². The third-order valence-electron chi connectivity index (χ3n) is 3.54. The van der Waals surface area contributed by atoms with Crippen LogP contribution in [0.25, 0.3) is 0 Å². The fourth-order valence-corrected chi connectivity index (χ4v) is 3.88. The summed E-state index contributed by atoms with van der Waals surface area (Å²) in [5.74, 6) is 0. The first kappa shape index (κ1) is 15.2. The lowest BCUT2D eigenvalue weighted by Gasteiger charge is -2.22. The van der Waals surface area contributed by atoms with Gasteiger partial charge in [-0.1, -0.05) is 6.92 Å². The summed E-state index contributed by atoms with van der Waals surface area (Å²) < 4.78 is 28.1. The van der Waals surface area contributed by atoms with Crippen LogP contribution in [0, 0.1) is 3.57 Å². The van der Waals surface area contributed by atoms with Crippen LogP contribution in [-0.4, -0.2) is 39.0 Å². The van der Waals surface area contributed by atoms with Crippen molar-refractivity contribution in [3.63, 3.8) is 0 Å². The first-order valence-corrected chi connectivity index (χ1v) is 9.08. The molecule has 1 saturated heterocycles. The van der Waals surface area contributed by atoms with Crippen LogP contribution in [0.2, 0.25) is 0 Å². The van der Waals surface area contributed by atoms with Gasteiger partial charge in [0.05, 0.1) is 4.90 Å². The molecule has 1 aromatic rings. The van der Waals surface area contributed by atoms with Gasteiger partial charge in [-0.3, -0.25) is 4.90 Å². The number of nitrogens with zero attached hydrogens (tertiary/aromatic N) is 1. The standard InChI is InChI=1S/C13H19IN2O2S/c1-2-16-9-3-4-12(16)10-15-19(17,18)13-7-5-11(14)6-8-13/h5-8,12,15H,2-4,9-10H2,1H3. The van der Waals surface area contributed by atoms with Crippen LogP contribution in [0.1, 0.15) is 19.8 Å². The maximum absolute atomic E-state index is 12.2. The Morgan fingerprint density at radius 2 is 2.05 bits per heavy atom. The molecule has 19 heavy (non-hydrogen) atoms. The summed E-state index contributed by atoms with van der Waals surface area (Å²) in [6, 6.07) is 7.25. The van der Waals surface area contributed by atoms with E-state index in [0.717, 1.165) is 29.5 Å². The van der Waals surface area contributed by atoms with Crippen LogP contribution in [0.3, 0.4) is 0 Å². The van der Waals surface area contributed by atoms with Gasteiger partial charge >= 0.3 is 0 Å². The monoisotopic (exact) mass is 394 g/mol. The largest absolute Gasteiger partial charge is 0.299 e. The van der Waals surface area contributed by atoms with Crippen LogP contribution in [-0.2, 0) is 10.0 Å². The number of likely N-dealkylation sites (tertiary alicyclic amines) is 1. The molecule has 0 aliphatic carbocycles. The number of rotatable bonds is 5. The first-order chi connectivity index (χ1) is 9.03. The maximum atomic E-state index is 12.2. The quantitative estimate of drug-likeness (QED) is 0.778. The summed E-state index contributed by atoms with van der Waals surface area (Å²) in [6.45, 7) is 4.68. The molecule has 0 saturated carbocycles. The molecule has 0 radical (unpaired) electrons. The summed E-state index contributed by atoms with van der Waals surface area (Å²) in [5.41, 5.74) is 0. The fraction of sp³-hybridized carbons (Fsp3) is 0.538. The summed E-state index contributed by atoms with van der Waals surface area (Å²) in [6.07, 6.45) is 2.23. The van der Waals surface area contributed by atoms with Crippen molar-refractivity contribution >= 4 is 32.6 Å². The molecule has 1 N–H and O–H groups in total. The lowest BCUT2D eigenvalue weighted by Crippen LogP contribution is -2.39. The zero-order valence-corrected chi connectivity index (χ0v) is 13.9. The van der Waals surface area contributed by atoms with Gasteiger partial charge in [-0.15, -0.1) is 0 Å². The van der Waals surface area contributed by atoms with Crippen molar-refractivity contribution in [2.45, 2.75) is 30.7 Å². The number of likely N-dealkylation sites (N-methyl/N-ethyl adjacent to an activating group) is 1. The van der Waals surface area contributed by atoms with Gasteiger partial charge in [-0.25, -0.2) is 13.1 Å². The van der Waals surface area contributed by atoms with E-state index in [1.54, 1.807) is 12.1 Å². The van der Waals surface area contributed by atoms with Crippen molar-refractivity contribution < 1.29 is 8.42 Å². The second-order valence-corrected chi connectivity index (χ2v) is 7.74. The minimum absolute atomic E-state index is 0.337. The molecular formula is C13H19IN2O2S. The van der Waals surface area contributed by atoms with Crippen molar-refractivity contribution in [1.29, 1.82) is 0 Å². The molecule has 106 valence electrons. The summed E-state index contributed by atoms with van der Waals surface area (Å²) in [7, 11) is -3.38. The van der Waals surface area contributed by atoms with Crippen LogP contribution in [0.5, 0.6) is 0 Å². The molecule has 1 unspecified atom stereocenters. The molecule has 6 heteroatoms. The molecule has 0 amide bonds. The lowest BCUT2D eigenvalue weighted by atomic mass is 10.2. The van der Waals surface area contributed by atoms with Crippen molar-refractivity contribution in [3.05, 3.63) is 27.8 Å². The van der Waals surface area contributed by atoms with Gasteiger partial charge in [-0.2, -0.15) is 0 Å². The SMILES string of the molecule is CCN1CCCC1CNS(=O)(=O)c1ccc(I)cc1. The Kier molecular flexibility index (Phi) is 5.22. The van der Waals surface area contributed by atoms with E-state index in [9.17, 15) is 8.42 Å². The van der Waals surface area contributed by atoms with E-state index in [4.69, 9.17) is 0 Å². The molecule has 0 bridgehead atoms. The molecule has 1 aliphatic rings. The number of hydrogen-bond acceptors (Lipinski definition) is 3. The van der Waals surface area contributed by atoms with Gasteiger partial charge in [-0.05, 0) is 72.8 Å². The zero-order valence-electron chi connectivity index (χ0n) is 11.0. The van der Waals surface area contributed by atoms with E-state index in [1.807, 2.05) is 12.1 Å². The highest BCUT2D eigenvalue weighted by atomic mass is 127. The molecule has 1 aliphatic heterocycles. The predicted octanol–water partition coefficient (Wildman–Crippen LogP) is 2.05. The molecule has 1 aromatic carbocycles. The van der Waals surface area contributed by atoms with Gasteiger partial charge in [0.1, 0.15) is 0 Å². The van der Waals surface area contributed by atoms with Crippen molar-refractivity contribution in [3.8, 4) is 0 Å². The third-order valence-corrected chi connectivity index (χ3v) is 5.70. The molecule has 0 spiro atoms. The highest BCUT2D eigenvalue weighted by molar-refractivity contribution is 14.1. The Labute approximate surface area is 128 Å². The van der Waals surface area contributed by atoms with Gasteiger partial charge < -0.3 is 0 Å². The smallest absolute Gasteiger partial charge is 0.240 e. The zero-order chi connectivity index (χ0) is 13.9. The molecule has 1 atom stereocenters. The van der Waals surface area contributed by atoms with E-state index in [2.05, 4.69) is 39.1 Å². The maximum Gasteiger partial charge on any atom is 0.240 e. The Bertz CT molecular complexity index is 516. The highest BCUT2D eigenvalue weighted by Gasteiger charge is 2.24. The van der Waals surface area contributed by atoms with Crippen LogP contribution in [0.15, 0.2) is 29.2 Å². The van der Waals surface area contributed by atoms with E-state index < -0.39 is 10.0 Å². The van der Waals surface area contributed by atoms with E-state index in [1.165, 1.54) is 0 Å². The molecule has 1 fully saturated rings. The van der Waals surface area contributed by atoms with Crippen molar-refractivity contribution in [1.82, 2.24) is 9.62 Å². The van der Waals surface area contributed by atoms with Crippen molar-refractivity contribution in [2.24, 2.45) is 0 Å². The average molecular weight is 394 g/mol. The number of nitrogens with one attached hydrogen (secondary N) is 1. The highest BCUT2D eigenvalue weighted by Crippen LogP contribution is 2.17. The van der Waals surface area contributed by atoms with Crippen molar-refractivity contribution in [2.75, 3.05) is 19.6 Å².